The first-order valence-electron chi connectivity index (χ1n) is 7.76. The molecular formula is C17H30N2O. The van der Waals surface area contributed by atoms with Gasteiger partial charge in [0.15, 0.2) is 0 Å². The zero-order valence-electron chi connectivity index (χ0n) is 13.5. The van der Waals surface area contributed by atoms with Gasteiger partial charge in [0.1, 0.15) is 0 Å². The number of aromatic nitrogens is 1. The summed E-state index contributed by atoms with van der Waals surface area (Å²) in [5.41, 5.74) is 1.15. The van der Waals surface area contributed by atoms with Crippen molar-refractivity contribution >= 4 is 0 Å². The van der Waals surface area contributed by atoms with Crippen molar-refractivity contribution in [2.45, 2.75) is 64.5 Å². The van der Waals surface area contributed by atoms with Crippen LogP contribution < -0.4 is 5.32 Å². The maximum atomic E-state index is 5.52. The number of hydrogen-bond donors (Lipinski definition) is 1. The summed E-state index contributed by atoms with van der Waals surface area (Å²) < 4.78 is 5.52. The molecule has 1 N–H and O–H groups in total. The molecule has 3 heteroatoms. The van der Waals surface area contributed by atoms with Crippen molar-refractivity contribution < 1.29 is 4.74 Å². The number of hydrogen-bond acceptors (Lipinski definition) is 3. The van der Waals surface area contributed by atoms with Gasteiger partial charge in [0.25, 0.3) is 0 Å². The molecule has 0 amide bonds. The lowest BCUT2D eigenvalue weighted by Crippen LogP contribution is -2.33. The number of nitrogens with one attached hydrogen (secondary N) is 1. The molecule has 20 heavy (non-hydrogen) atoms. The Kier molecular flexibility index (Phi) is 7.78. The van der Waals surface area contributed by atoms with E-state index in [2.05, 4.69) is 43.2 Å². The van der Waals surface area contributed by atoms with E-state index < -0.39 is 0 Å². The fourth-order valence-electron chi connectivity index (χ4n) is 2.19. The van der Waals surface area contributed by atoms with Gasteiger partial charge >= 0.3 is 0 Å². The summed E-state index contributed by atoms with van der Waals surface area (Å²) in [5.74, 6) is 0. The smallest absolute Gasteiger partial charge is 0.0623 e. The minimum atomic E-state index is -0.0306. The normalized spacial score (nSPS) is 13.4. The first-order chi connectivity index (χ1) is 9.57. The molecule has 0 aliphatic rings. The van der Waals surface area contributed by atoms with Crippen LogP contribution in [-0.2, 0) is 11.2 Å². The molecule has 1 unspecified atom stereocenters. The second-order valence-electron chi connectivity index (χ2n) is 6.01. The Morgan fingerprint density at radius 2 is 2.10 bits per heavy atom. The molecule has 3 nitrogen and oxygen atoms in total. The zero-order valence-corrected chi connectivity index (χ0v) is 13.5. The molecule has 0 bridgehead atoms. The van der Waals surface area contributed by atoms with Crippen LogP contribution in [0.5, 0.6) is 0 Å². The van der Waals surface area contributed by atoms with E-state index in [1.807, 2.05) is 12.3 Å². The predicted octanol–water partition coefficient (Wildman–Crippen LogP) is 3.59. The van der Waals surface area contributed by atoms with Crippen molar-refractivity contribution in [2.24, 2.45) is 0 Å². The predicted molar refractivity (Wildman–Crippen MR) is 85.0 cm³/mol. The van der Waals surface area contributed by atoms with Crippen LogP contribution in [0.15, 0.2) is 24.4 Å². The zero-order chi connectivity index (χ0) is 14.8. The van der Waals surface area contributed by atoms with Gasteiger partial charge in [-0.3, -0.25) is 4.98 Å². The van der Waals surface area contributed by atoms with E-state index in [1.165, 1.54) is 12.1 Å². The SMILES string of the molecule is CCCNC(CCc1ccccn1)CCC(C)(C)OC. The molecular weight excluding hydrogens is 248 g/mol. The molecule has 0 aromatic carbocycles. The van der Waals surface area contributed by atoms with E-state index in [-0.39, 0.29) is 5.60 Å². The summed E-state index contributed by atoms with van der Waals surface area (Å²) in [7, 11) is 1.79. The van der Waals surface area contributed by atoms with Gasteiger partial charge < -0.3 is 10.1 Å². The molecule has 0 saturated carbocycles. The molecule has 1 aromatic rings. The van der Waals surface area contributed by atoms with Crippen molar-refractivity contribution in [3.05, 3.63) is 30.1 Å². The summed E-state index contributed by atoms with van der Waals surface area (Å²) in [6.45, 7) is 7.60. The molecule has 1 aromatic heterocycles. The molecule has 1 rings (SSSR count). The highest BCUT2D eigenvalue weighted by Crippen LogP contribution is 2.18. The lowest BCUT2D eigenvalue weighted by molar-refractivity contribution is 0.0115. The van der Waals surface area contributed by atoms with Crippen LogP contribution in [0.2, 0.25) is 0 Å². The summed E-state index contributed by atoms with van der Waals surface area (Å²) in [6.07, 6.45) is 7.44. The fourth-order valence-corrected chi connectivity index (χ4v) is 2.19. The third kappa shape index (κ3) is 7.01. The monoisotopic (exact) mass is 278 g/mol. The molecule has 0 fully saturated rings. The Labute approximate surface area is 124 Å². The van der Waals surface area contributed by atoms with Gasteiger partial charge in [-0.2, -0.15) is 0 Å². The van der Waals surface area contributed by atoms with Gasteiger partial charge in [-0.15, -0.1) is 0 Å². The fraction of sp³-hybridized carbons (Fsp3) is 0.706. The van der Waals surface area contributed by atoms with E-state index in [0.29, 0.717) is 6.04 Å². The Morgan fingerprint density at radius 1 is 1.30 bits per heavy atom. The number of methoxy groups -OCH3 is 1. The summed E-state index contributed by atoms with van der Waals surface area (Å²) in [4.78, 5) is 4.40. The molecule has 1 atom stereocenters. The van der Waals surface area contributed by atoms with Gasteiger partial charge in [-0.05, 0) is 64.6 Å². The van der Waals surface area contributed by atoms with E-state index in [9.17, 15) is 0 Å². The second-order valence-corrected chi connectivity index (χ2v) is 6.01. The Morgan fingerprint density at radius 3 is 2.70 bits per heavy atom. The quantitative estimate of drug-likeness (QED) is 0.710. The minimum Gasteiger partial charge on any atom is -0.379 e. The van der Waals surface area contributed by atoms with Crippen molar-refractivity contribution in [3.63, 3.8) is 0 Å². The Hall–Kier alpha value is -0.930. The first-order valence-corrected chi connectivity index (χ1v) is 7.76. The van der Waals surface area contributed by atoms with Gasteiger partial charge in [0.05, 0.1) is 5.60 Å². The van der Waals surface area contributed by atoms with Crippen molar-refractivity contribution in [1.29, 1.82) is 0 Å². The maximum absolute atomic E-state index is 5.52. The second kappa shape index (κ2) is 9.09. The maximum Gasteiger partial charge on any atom is 0.0623 e. The van der Waals surface area contributed by atoms with Gasteiger partial charge in [0, 0.05) is 25.0 Å². The van der Waals surface area contributed by atoms with E-state index in [4.69, 9.17) is 4.74 Å². The molecule has 0 aliphatic carbocycles. The van der Waals surface area contributed by atoms with Gasteiger partial charge in [-0.25, -0.2) is 0 Å². The van der Waals surface area contributed by atoms with Crippen LogP contribution in [0.1, 0.15) is 52.1 Å². The van der Waals surface area contributed by atoms with E-state index in [0.717, 1.165) is 32.2 Å². The summed E-state index contributed by atoms with van der Waals surface area (Å²) >= 11 is 0. The number of pyridine rings is 1. The van der Waals surface area contributed by atoms with Crippen LogP contribution in [0.25, 0.3) is 0 Å². The summed E-state index contributed by atoms with van der Waals surface area (Å²) in [6, 6.07) is 6.68. The van der Waals surface area contributed by atoms with Crippen LogP contribution in [-0.4, -0.2) is 30.3 Å². The minimum absolute atomic E-state index is 0.0306. The first kappa shape index (κ1) is 17.1. The molecule has 0 aliphatic heterocycles. The number of aryl methyl sites for hydroxylation is 1. The van der Waals surface area contributed by atoms with Crippen LogP contribution in [0, 0.1) is 0 Å². The number of rotatable bonds is 10. The topological polar surface area (TPSA) is 34.2 Å². The molecule has 1 heterocycles. The molecule has 0 saturated heterocycles. The molecule has 0 radical (unpaired) electrons. The van der Waals surface area contributed by atoms with Crippen LogP contribution in [0.3, 0.4) is 0 Å². The molecule has 114 valence electrons. The van der Waals surface area contributed by atoms with Crippen LogP contribution in [0.4, 0.5) is 0 Å². The number of nitrogens with zero attached hydrogens (tertiary/aromatic N) is 1. The highest BCUT2D eigenvalue weighted by Gasteiger charge is 2.19. The highest BCUT2D eigenvalue weighted by molar-refractivity contribution is 5.03. The van der Waals surface area contributed by atoms with Gasteiger partial charge in [-0.1, -0.05) is 13.0 Å². The van der Waals surface area contributed by atoms with Crippen molar-refractivity contribution in [1.82, 2.24) is 10.3 Å². The summed E-state index contributed by atoms with van der Waals surface area (Å²) in [5, 5.41) is 3.65. The Balaban J connectivity index is 2.43. The van der Waals surface area contributed by atoms with Crippen molar-refractivity contribution in [2.75, 3.05) is 13.7 Å². The lowest BCUT2D eigenvalue weighted by Gasteiger charge is -2.26. The van der Waals surface area contributed by atoms with Gasteiger partial charge in [0.2, 0.25) is 0 Å². The van der Waals surface area contributed by atoms with Crippen LogP contribution >= 0.6 is 0 Å². The molecule has 0 spiro atoms. The van der Waals surface area contributed by atoms with E-state index in [1.54, 1.807) is 7.11 Å². The largest absolute Gasteiger partial charge is 0.379 e. The Bertz CT molecular complexity index is 351. The standard InChI is InChI=1S/C17H30N2O/c1-5-13-18-16(11-12-17(2,3)20-4)10-9-15-8-6-7-14-19-15/h6-8,14,16,18H,5,9-13H2,1-4H3. The average molecular weight is 278 g/mol. The number of ether oxygens (including phenoxy) is 1. The lowest BCUT2D eigenvalue weighted by atomic mass is 9.96. The van der Waals surface area contributed by atoms with E-state index >= 15 is 0 Å². The third-order valence-electron chi connectivity index (χ3n) is 3.81. The average Bonchev–Trinajstić information content (AvgIpc) is 2.47. The van der Waals surface area contributed by atoms with Crippen molar-refractivity contribution in [3.8, 4) is 0 Å². The highest BCUT2D eigenvalue weighted by atomic mass is 16.5. The third-order valence-corrected chi connectivity index (χ3v) is 3.81.